The third-order valence-corrected chi connectivity index (χ3v) is 7.63. The molecule has 2 aliphatic carbocycles. The van der Waals surface area contributed by atoms with Crippen LogP contribution in [0.1, 0.15) is 45.2 Å². The van der Waals surface area contributed by atoms with Crippen LogP contribution >= 0.6 is 11.8 Å². The maximum atomic E-state index is 3.85. The molecule has 2 unspecified atom stereocenters. The fraction of sp³-hybridized carbons (Fsp3) is 0.125. The number of thioether (sulfide) groups is 1. The van der Waals surface area contributed by atoms with Crippen LogP contribution < -0.4 is 24.8 Å². The second-order valence-corrected chi connectivity index (χ2v) is 9.73. The number of halogens is 2. The van der Waals surface area contributed by atoms with E-state index in [1.807, 2.05) is 11.8 Å². The second-order valence-electron chi connectivity index (χ2n) is 8.71. The molecule has 0 radical (unpaired) electrons. The average Bonchev–Trinajstić information content (AvgIpc) is 3.39. The van der Waals surface area contributed by atoms with E-state index >= 15 is 0 Å². The summed E-state index contributed by atoms with van der Waals surface area (Å²) in [5.74, 6) is 0.590. The molecule has 0 aliphatic heterocycles. The molecular weight excluding hydrogens is 579 g/mol. The first kappa shape index (κ1) is 28.7. The van der Waals surface area contributed by atoms with Crippen molar-refractivity contribution in [1.82, 2.24) is 0 Å². The molecule has 0 heterocycles. The van der Waals surface area contributed by atoms with Crippen molar-refractivity contribution in [3.05, 3.63) is 155 Å². The van der Waals surface area contributed by atoms with Crippen LogP contribution in [0, 0.1) is 12.2 Å². The fourth-order valence-corrected chi connectivity index (χ4v) is 6.13. The van der Waals surface area contributed by atoms with Crippen LogP contribution in [0.5, 0.6) is 0 Å². The van der Waals surface area contributed by atoms with Gasteiger partial charge < -0.3 is 24.8 Å². The summed E-state index contributed by atoms with van der Waals surface area (Å²) >= 11 is 1.84. The number of benzene rings is 4. The molecule has 0 saturated carbocycles. The van der Waals surface area contributed by atoms with Crippen molar-refractivity contribution in [2.24, 2.45) is 0 Å². The maximum absolute atomic E-state index is 3.85. The van der Waals surface area contributed by atoms with Crippen molar-refractivity contribution >= 4 is 21.6 Å². The third-order valence-electron chi connectivity index (χ3n) is 6.54. The Morgan fingerprint density at radius 1 is 0.500 bits per heavy atom. The van der Waals surface area contributed by atoms with E-state index in [1.54, 1.807) is 0 Å². The van der Waals surface area contributed by atoms with Crippen LogP contribution in [0.4, 0.5) is 0 Å². The van der Waals surface area contributed by atoms with Gasteiger partial charge in [0.2, 0.25) is 0 Å². The van der Waals surface area contributed by atoms with Crippen molar-refractivity contribution in [2.45, 2.75) is 24.7 Å². The molecule has 0 spiro atoms. The van der Waals surface area contributed by atoms with E-state index in [0.29, 0.717) is 11.8 Å². The van der Waals surface area contributed by atoms with Crippen molar-refractivity contribution in [2.75, 3.05) is 0 Å². The van der Waals surface area contributed by atoms with Gasteiger partial charge in [-0.1, -0.05) is 109 Å². The SMILES string of the molecule is [C-]1=C(SC2=[C-]C(Cc3ccccc3)c3ccccc32)c2ccccc2C1Cc1ccccc1.[Cl-].[Cl-].[Zr+4]. The van der Waals surface area contributed by atoms with E-state index in [1.165, 1.54) is 43.2 Å². The van der Waals surface area contributed by atoms with Gasteiger partial charge in [0.15, 0.2) is 0 Å². The first-order valence-corrected chi connectivity index (χ1v) is 12.4. The molecule has 4 aromatic carbocycles. The summed E-state index contributed by atoms with van der Waals surface area (Å²) in [5, 5.41) is 0. The number of hydrogen-bond donors (Lipinski definition) is 0. The summed E-state index contributed by atoms with van der Waals surface area (Å²) < 4.78 is 0. The van der Waals surface area contributed by atoms with Crippen LogP contribution in [0.2, 0.25) is 0 Å². The van der Waals surface area contributed by atoms with E-state index in [0.717, 1.165) is 12.8 Å². The zero-order valence-corrected chi connectivity index (χ0v) is 24.4. The van der Waals surface area contributed by atoms with Gasteiger partial charge in [0, 0.05) is 0 Å². The zero-order valence-electron chi connectivity index (χ0n) is 19.6. The van der Waals surface area contributed by atoms with Gasteiger partial charge in [0.05, 0.1) is 0 Å². The number of hydrogen-bond acceptors (Lipinski definition) is 1. The van der Waals surface area contributed by atoms with Crippen molar-refractivity contribution in [3.63, 3.8) is 0 Å². The van der Waals surface area contributed by atoms with Crippen molar-refractivity contribution in [3.8, 4) is 0 Å². The van der Waals surface area contributed by atoms with E-state index in [4.69, 9.17) is 0 Å². The summed E-state index contributed by atoms with van der Waals surface area (Å²) in [7, 11) is 0. The van der Waals surface area contributed by atoms with Gasteiger partial charge in [-0.15, -0.1) is 23.3 Å². The molecule has 2 aliphatic rings. The number of allylic oxidation sites excluding steroid dienone is 2. The molecule has 2 atom stereocenters. The van der Waals surface area contributed by atoms with Crippen molar-refractivity contribution in [1.29, 1.82) is 0 Å². The Kier molecular flexibility index (Phi) is 10.5. The molecule has 0 nitrogen and oxygen atoms in total. The van der Waals surface area contributed by atoms with E-state index in [2.05, 4.69) is 121 Å². The normalized spacial score (nSPS) is 16.9. The Morgan fingerprint density at radius 3 is 1.28 bits per heavy atom. The first-order chi connectivity index (χ1) is 16.3. The summed E-state index contributed by atoms with van der Waals surface area (Å²) in [6.45, 7) is 0. The van der Waals surface area contributed by atoms with Gasteiger partial charge in [0.25, 0.3) is 0 Å². The Labute approximate surface area is 250 Å². The fourth-order valence-electron chi connectivity index (χ4n) is 4.94. The van der Waals surface area contributed by atoms with Gasteiger partial charge in [-0.3, -0.25) is 12.2 Å². The molecule has 176 valence electrons. The molecule has 4 aromatic rings. The minimum atomic E-state index is 0. The summed E-state index contributed by atoms with van der Waals surface area (Å²) in [5.41, 5.74) is 8.13. The largest absolute Gasteiger partial charge is 4.00 e. The molecule has 4 heteroatoms. The van der Waals surface area contributed by atoms with Gasteiger partial charge in [-0.25, -0.2) is 0 Å². The van der Waals surface area contributed by atoms with E-state index in [-0.39, 0.29) is 51.0 Å². The van der Waals surface area contributed by atoms with Crippen LogP contribution in [0.15, 0.2) is 109 Å². The molecule has 0 N–H and O–H groups in total. The smallest absolute Gasteiger partial charge is 1.00 e. The molecular formula is C32H24Cl2SZr. The maximum Gasteiger partial charge on any atom is 4.00 e. The standard InChI is InChI=1S/C32H24S.2ClH.Zr/c1-3-11-23(12-4-1)19-25-21-31(29-17-9-7-15-27(25)29)33-32-22-26(20-24-13-5-2-6-14-24)28-16-8-10-18-30(28)32;;;/h1-18,25-26H,19-20H2;2*1H;/q-2;;;+4/p-2. The Bertz CT molecular complexity index is 1240. The second kappa shape index (κ2) is 13.1. The minimum absolute atomic E-state index is 0. The monoisotopic (exact) mass is 600 g/mol. The predicted molar refractivity (Wildman–Crippen MR) is 140 cm³/mol. The van der Waals surface area contributed by atoms with Crippen LogP contribution in [-0.2, 0) is 39.0 Å². The topological polar surface area (TPSA) is 0 Å². The van der Waals surface area contributed by atoms with Gasteiger partial charge >= 0.3 is 26.2 Å². The minimum Gasteiger partial charge on any atom is -1.00 e. The molecule has 0 fully saturated rings. The van der Waals surface area contributed by atoms with Crippen LogP contribution in [0.3, 0.4) is 0 Å². The van der Waals surface area contributed by atoms with Gasteiger partial charge in [0.1, 0.15) is 0 Å². The molecule has 0 saturated heterocycles. The molecule has 36 heavy (non-hydrogen) atoms. The average molecular weight is 603 g/mol. The number of fused-ring (bicyclic) bond motifs is 2. The number of rotatable bonds is 6. The van der Waals surface area contributed by atoms with E-state index in [9.17, 15) is 0 Å². The van der Waals surface area contributed by atoms with Crippen LogP contribution in [-0.4, -0.2) is 0 Å². The Morgan fingerprint density at radius 2 is 0.861 bits per heavy atom. The predicted octanol–water partition coefficient (Wildman–Crippen LogP) is 2.09. The van der Waals surface area contributed by atoms with Crippen molar-refractivity contribution < 1.29 is 51.0 Å². The van der Waals surface area contributed by atoms with E-state index < -0.39 is 0 Å². The van der Waals surface area contributed by atoms with Crippen LogP contribution in [0.25, 0.3) is 9.81 Å². The molecule has 6 rings (SSSR count). The zero-order chi connectivity index (χ0) is 22.0. The molecule has 0 aromatic heterocycles. The summed E-state index contributed by atoms with van der Waals surface area (Å²) in [6.07, 6.45) is 9.66. The quantitative estimate of drug-likeness (QED) is 0.305. The summed E-state index contributed by atoms with van der Waals surface area (Å²) in [6, 6.07) is 39.1. The third kappa shape index (κ3) is 6.00. The van der Waals surface area contributed by atoms with Gasteiger partial charge in [-0.05, 0) is 24.0 Å². The molecule has 0 amide bonds. The summed E-state index contributed by atoms with van der Waals surface area (Å²) in [4.78, 5) is 2.48. The van der Waals surface area contributed by atoms with Gasteiger partial charge in [-0.2, -0.15) is 32.7 Å². The Balaban J connectivity index is 0.00000120. The Hall–Kier alpha value is -1.83. The molecule has 0 bridgehead atoms. The first-order valence-electron chi connectivity index (χ1n) is 11.6.